The molecule has 0 aliphatic heterocycles. The minimum absolute atomic E-state index is 0.243. The van der Waals surface area contributed by atoms with E-state index in [-0.39, 0.29) is 5.02 Å². The summed E-state index contributed by atoms with van der Waals surface area (Å²) >= 11 is 5.57. The summed E-state index contributed by atoms with van der Waals surface area (Å²) < 4.78 is 40.3. The first-order chi connectivity index (χ1) is 8.92. The lowest BCUT2D eigenvalue weighted by molar-refractivity contribution is 0.101. The summed E-state index contributed by atoms with van der Waals surface area (Å²) in [6.07, 6.45) is 2.06. The fourth-order valence-corrected chi connectivity index (χ4v) is 3.84. The third-order valence-electron chi connectivity index (χ3n) is 3.24. The van der Waals surface area contributed by atoms with Gasteiger partial charge in [0.15, 0.2) is 5.82 Å². The Morgan fingerprint density at radius 3 is 2.68 bits per heavy atom. The van der Waals surface area contributed by atoms with E-state index in [9.17, 15) is 17.9 Å². The monoisotopic (exact) mass is 307 g/mol. The van der Waals surface area contributed by atoms with E-state index in [0.717, 1.165) is 18.9 Å². The van der Waals surface area contributed by atoms with Crippen molar-refractivity contribution in [1.29, 1.82) is 0 Å². The summed E-state index contributed by atoms with van der Waals surface area (Å²) in [5, 5.41) is 9.51. The zero-order valence-corrected chi connectivity index (χ0v) is 11.7. The number of sulfonamides is 1. The topological polar surface area (TPSA) is 66.4 Å². The quantitative estimate of drug-likeness (QED) is 0.898. The van der Waals surface area contributed by atoms with Gasteiger partial charge in [-0.3, -0.25) is 0 Å². The van der Waals surface area contributed by atoms with Crippen molar-refractivity contribution in [2.45, 2.75) is 42.7 Å². The Bertz CT molecular complexity index is 564. The van der Waals surface area contributed by atoms with E-state index in [4.69, 9.17) is 11.6 Å². The Morgan fingerprint density at radius 1 is 1.32 bits per heavy atom. The van der Waals surface area contributed by atoms with Crippen LogP contribution in [0, 0.1) is 5.82 Å². The summed E-state index contributed by atoms with van der Waals surface area (Å²) in [6.45, 7) is 0. The molecule has 19 heavy (non-hydrogen) atoms. The molecule has 0 unspecified atom stereocenters. The van der Waals surface area contributed by atoms with Gasteiger partial charge in [0.05, 0.1) is 11.1 Å². The van der Waals surface area contributed by atoms with E-state index in [1.165, 1.54) is 12.1 Å². The molecule has 7 heteroatoms. The first-order valence-corrected chi connectivity index (χ1v) is 7.92. The molecule has 1 aromatic rings. The van der Waals surface area contributed by atoms with E-state index in [1.54, 1.807) is 0 Å². The van der Waals surface area contributed by atoms with Crippen LogP contribution in [0.15, 0.2) is 23.1 Å². The molecule has 0 heterocycles. The molecule has 1 aliphatic rings. The Morgan fingerprint density at radius 2 is 2.00 bits per heavy atom. The number of hydrogen-bond acceptors (Lipinski definition) is 3. The first kappa shape index (κ1) is 14.7. The maximum Gasteiger partial charge on any atom is 0.243 e. The molecule has 4 nitrogen and oxygen atoms in total. The lowest BCUT2D eigenvalue weighted by atomic mass is 9.93. The van der Waals surface area contributed by atoms with Crippen LogP contribution in [0.3, 0.4) is 0 Å². The number of aliphatic hydroxyl groups is 1. The molecule has 2 atom stereocenters. The average molecular weight is 308 g/mol. The van der Waals surface area contributed by atoms with Gasteiger partial charge >= 0.3 is 0 Å². The SMILES string of the molecule is O=S(=O)(N[C@@H]1CCCC[C@H]1O)c1cccc(Cl)c1F. The number of benzene rings is 1. The Hall–Kier alpha value is -0.690. The van der Waals surface area contributed by atoms with Crippen molar-refractivity contribution >= 4 is 21.6 Å². The predicted molar refractivity (Wildman–Crippen MR) is 70.0 cm³/mol. The lowest BCUT2D eigenvalue weighted by Gasteiger charge is -2.28. The van der Waals surface area contributed by atoms with Crippen molar-refractivity contribution in [3.63, 3.8) is 0 Å². The van der Waals surface area contributed by atoms with E-state index in [1.807, 2.05) is 0 Å². The molecule has 0 saturated heterocycles. The Kier molecular flexibility index (Phi) is 4.45. The molecule has 0 spiro atoms. The smallest absolute Gasteiger partial charge is 0.243 e. The highest BCUT2D eigenvalue weighted by Gasteiger charge is 2.29. The predicted octanol–water partition coefficient (Wildman–Crippen LogP) is 2.06. The van der Waals surface area contributed by atoms with Gasteiger partial charge in [0.1, 0.15) is 4.90 Å². The van der Waals surface area contributed by atoms with Crippen molar-refractivity contribution in [1.82, 2.24) is 4.72 Å². The summed E-state index contributed by atoms with van der Waals surface area (Å²) in [5.41, 5.74) is 0. The van der Waals surface area contributed by atoms with Gasteiger partial charge in [-0.25, -0.2) is 17.5 Å². The van der Waals surface area contributed by atoms with E-state index < -0.39 is 32.9 Å². The van der Waals surface area contributed by atoms with Crippen LogP contribution in [0.1, 0.15) is 25.7 Å². The molecule has 2 rings (SSSR count). The van der Waals surface area contributed by atoms with Gasteiger partial charge in [-0.05, 0) is 25.0 Å². The van der Waals surface area contributed by atoms with E-state index >= 15 is 0 Å². The molecular formula is C12H15ClFNO3S. The van der Waals surface area contributed by atoms with Crippen LogP contribution in [0.25, 0.3) is 0 Å². The van der Waals surface area contributed by atoms with Crippen LogP contribution < -0.4 is 4.72 Å². The molecule has 0 bridgehead atoms. The fraction of sp³-hybridized carbons (Fsp3) is 0.500. The van der Waals surface area contributed by atoms with Crippen molar-refractivity contribution in [2.24, 2.45) is 0 Å². The lowest BCUT2D eigenvalue weighted by Crippen LogP contribution is -2.45. The zero-order valence-electron chi connectivity index (χ0n) is 10.1. The molecule has 0 amide bonds. The van der Waals surface area contributed by atoms with Crippen molar-refractivity contribution in [3.8, 4) is 0 Å². The van der Waals surface area contributed by atoms with Gasteiger partial charge in [0, 0.05) is 6.04 Å². The molecule has 0 aromatic heterocycles. The van der Waals surface area contributed by atoms with Gasteiger partial charge in [-0.15, -0.1) is 0 Å². The van der Waals surface area contributed by atoms with Crippen molar-refractivity contribution < 1.29 is 17.9 Å². The van der Waals surface area contributed by atoms with Crippen LogP contribution in [0.5, 0.6) is 0 Å². The summed E-state index contributed by atoms with van der Waals surface area (Å²) in [5.74, 6) is -0.970. The van der Waals surface area contributed by atoms with Crippen LogP contribution >= 0.6 is 11.6 Å². The molecule has 1 saturated carbocycles. The second-order valence-electron chi connectivity index (χ2n) is 4.63. The van der Waals surface area contributed by atoms with Gasteiger partial charge < -0.3 is 5.11 Å². The molecule has 1 aliphatic carbocycles. The minimum Gasteiger partial charge on any atom is -0.391 e. The second kappa shape index (κ2) is 5.75. The number of hydrogen-bond donors (Lipinski definition) is 2. The van der Waals surface area contributed by atoms with Crippen LogP contribution in [0.2, 0.25) is 5.02 Å². The van der Waals surface area contributed by atoms with Crippen molar-refractivity contribution in [2.75, 3.05) is 0 Å². The molecular weight excluding hydrogens is 293 g/mol. The standard InChI is InChI=1S/C12H15ClFNO3S/c13-8-4-3-7-11(12(8)14)19(17,18)15-9-5-1-2-6-10(9)16/h3-4,7,9-10,15-16H,1-2,5-6H2/t9-,10-/m1/s1. The maximum absolute atomic E-state index is 13.7. The fourth-order valence-electron chi connectivity index (χ4n) is 2.20. The first-order valence-electron chi connectivity index (χ1n) is 6.06. The number of halogens is 2. The molecule has 2 N–H and O–H groups in total. The highest BCUT2D eigenvalue weighted by atomic mass is 35.5. The van der Waals surface area contributed by atoms with E-state index in [2.05, 4.69) is 4.72 Å². The van der Waals surface area contributed by atoms with Gasteiger partial charge in [-0.2, -0.15) is 0 Å². The Labute approximate surface area is 116 Å². The molecule has 106 valence electrons. The normalized spacial score (nSPS) is 24.4. The Balaban J connectivity index is 2.25. The molecule has 1 fully saturated rings. The molecule has 1 aromatic carbocycles. The average Bonchev–Trinajstić information content (AvgIpc) is 2.35. The van der Waals surface area contributed by atoms with Crippen molar-refractivity contribution in [3.05, 3.63) is 29.0 Å². The zero-order chi connectivity index (χ0) is 14.0. The summed E-state index contributed by atoms with van der Waals surface area (Å²) in [4.78, 5) is -0.488. The molecule has 0 radical (unpaired) electrons. The third-order valence-corrected chi connectivity index (χ3v) is 5.04. The van der Waals surface area contributed by atoms with E-state index in [0.29, 0.717) is 12.8 Å². The minimum atomic E-state index is -4.02. The van der Waals surface area contributed by atoms with Gasteiger partial charge in [-0.1, -0.05) is 30.5 Å². The third kappa shape index (κ3) is 3.25. The highest BCUT2D eigenvalue weighted by molar-refractivity contribution is 7.89. The van der Waals surface area contributed by atoms with Crippen LogP contribution in [0.4, 0.5) is 4.39 Å². The van der Waals surface area contributed by atoms with Gasteiger partial charge in [0.2, 0.25) is 10.0 Å². The highest BCUT2D eigenvalue weighted by Crippen LogP contribution is 2.24. The van der Waals surface area contributed by atoms with Crippen LogP contribution in [-0.2, 0) is 10.0 Å². The van der Waals surface area contributed by atoms with Crippen LogP contribution in [-0.4, -0.2) is 25.7 Å². The largest absolute Gasteiger partial charge is 0.391 e. The summed E-state index contributed by atoms with van der Waals surface area (Å²) in [7, 11) is -4.02. The number of aliphatic hydroxyl groups excluding tert-OH is 1. The second-order valence-corrected chi connectivity index (χ2v) is 6.72. The number of nitrogens with one attached hydrogen (secondary N) is 1. The maximum atomic E-state index is 13.7. The van der Waals surface area contributed by atoms with Gasteiger partial charge in [0.25, 0.3) is 0 Å². The summed E-state index contributed by atoms with van der Waals surface area (Å²) in [6, 6.07) is 3.23. The number of rotatable bonds is 3.